The third-order valence-corrected chi connectivity index (χ3v) is 9.66. The molecule has 0 radical (unpaired) electrons. The fraction of sp³-hybridized carbons (Fsp3) is 0.567. The highest BCUT2D eigenvalue weighted by Crippen LogP contribution is 2.41. The predicted octanol–water partition coefficient (Wildman–Crippen LogP) is 5.45. The number of aliphatic hydroxyl groups excluding tert-OH is 1. The highest BCUT2D eigenvalue weighted by Gasteiger charge is 2.39. The number of aromatic amines is 1. The van der Waals surface area contributed by atoms with Crippen LogP contribution in [0.4, 0.5) is 5.95 Å². The first kappa shape index (κ1) is 26.6. The molecule has 0 spiro atoms. The number of fused-ring (bicyclic) bond motifs is 2. The maximum absolute atomic E-state index is 11.8. The topological polar surface area (TPSA) is 126 Å². The average Bonchev–Trinajstić information content (AvgIpc) is 3.57. The summed E-state index contributed by atoms with van der Waals surface area (Å²) in [7, 11) is 0. The first-order valence-corrected chi connectivity index (χ1v) is 15.3. The van der Waals surface area contributed by atoms with Crippen LogP contribution in [0.1, 0.15) is 64.7 Å². The number of pyridine rings is 2. The molecule has 3 atom stereocenters. The number of nitrogens with one attached hydrogen (secondary N) is 1. The molecule has 4 aromatic rings. The zero-order valence-electron chi connectivity index (χ0n) is 23.3. The third kappa shape index (κ3) is 5.16. The molecule has 3 unspecified atom stereocenters. The van der Waals surface area contributed by atoms with Gasteiger partial charge in [0, 0.05) is 37.1 Å². The lowest BCUT2D eigenvalue weighted by Gasteiger charge is -2.46. The standard InChI is InChI=1S/C30H36ClN7O3/c1-17-6-8-18(9-7-17)15-38-27-23(34-29(38)37-16-22(39)11-19-4-2-3-5-25(19)37)12-24(28-35-30(40)41-36-28)33-26(27)20-10-21(31)14-32-13-20/h10,12-14,17-19,22,25,39H,2-9,11,15-16H2,1H3,(H,35,36,40). The Bertz CT molecular complexity index is 1610. The summed E-state index contributed by atoms with van der Waals surface area (Å²) in [6.45, 7) is 3.74. The van der Waals surface area contributed by atoms with Gasteiger partial charge in [0.05, 0.1) is 27.9 Å². The van der Waals surface area contributed by atoms with Gasteiger partial charge in [0.2, 0.25) is 11.8 Å². The minimum absolute atomic E-state index is 0.242. The SMILES string of the molecule is CC1CCC(Cn2c(N3CC(O)CC4CCCCC43)nc3cc(-c4noc(=O)[nH]4)nc(-c4cncc(Cl)c4)c32)CC1. The number of hydrogen-bond acceptors (Lipinski definition) is 8. The van der Waals surface area contributed by atoms with Crippen LogP contribution < -0.4 is 10.7 Å². The lowest BCUT2D eigenvalue weighted by molar-refractivity contribution is 0.0902. The van der Waals surface area contributed by atoms with Crippen LogP contribution >= 0.6 is 11.6 Å². The van der Waals surface area contributed by atoms with Crippen LogP contribution in [-0.4, -0.2) is 53.5 Å². The maximum atomic E-state index is 11.8. The van der Waals surface area contributed by atoms with Crippen molar-refractivity contribution in [3.05, 3.63) is 40.1 Å². The Hall–Kier alpha value is -3.24. The molecule has 1 saturated heterocycles. The van der Waals surface area contributed by atoms with Gasteiger partial charge >= 0.3 is 5.76 Å². The summed E-state index contributed by atoms with van der Waals surface area (Å²) in [5, 5.41) is 15.4. The molecule has 0 aromatic carbocycles. The highest BCUT2D eigenvalue weighted by atomic mass is 35.5. The largest absolute Gasteiger partial charge is 0.439 e. The number of hydrogen-bond donors (Lipinski definition) is 2. The molecule has 2 saturated carbocycles. The van der Waals surface area contributed by atoms with Crippen molar-refractivity contribution in [3.63, 3.8) is 0 Å². The van der Waals surface area contributed by atoms with E-state index in [9.17, 15) is 9.90 Å². The van der Waals surface area contributed by atoms with Crippen molar-refractivity contribution < 1.29 is 9.63 Å². The van der Waals surface area contributed by atoms with Crippen LogP contribution in [0.5, 0.6) is 0 Å². The van der Waals surface area contributed by atoms with Crippen LogP contribution in [0.25, 0.3) is 33.8 Å². The summed E-state index contributed by atoms with van der Waals surface area (Å²) in [5.74, 6) is 2.23. The molecule has 41 heavy (non-hydrogen) atoms. The van der Waals surface area contributed by atoms with Crippen molar-refractivity contribution in [3.8, 4) is 22.8 Å². The second-order valence-corrected chi connectivity index (χ2v) is 12.8. The van der Waals surface area contributed by atoms with E-state index in [1.54, 1.807) is 12.4 Å². The molecule has 3 aliphatic rings. The Labute approximate surface area is 243 Å². The molecule has 3 fully saturated rings. The average molecular weight is 578 g/mol. The van der Waals surface area contributed by atoms with Crippen molar-refractivity contribution in [2.75, 3.05) is 11.4 Å². The van der Waals surface area contributed by atoms with Gasteiger partial charge in [0.1, 0.15) is 5.69 Å². The van der Waals surface area contributed by atoms with Crippen molar-refractivity contribution in [2.24, 2.45) is 17.8 Å². The number of β-amino-alcohol motifs (C(OH)–C–C–N with tert-alkyl or cyclic N) is 1. The summed E-state index contributed by atoms with van der Waals surface area (Å²) in [6.07, 6.45) is 13.3. The summed E-state index contributed by atoms with van der Waals surface area (Å²) < 4.78 is 7.15. The molecule has 7 rings (SSSR count). The number of nitrogens with zero attached hydrogens (tertiary/aromatic N) is 6. The van der Waals surface area contributed by atoms with Crippen LogP contribution in [0.2, 0.25) is 5.02 Å². The van der Waals surface area contributed by atoms with Gasteiger partial charge in [-0.15, -0.1) is 0 Å². The van der Waals surface area contributed by atoms with Gasteiger partial charge in [-0.05, 0) is 62.0 Å². The minimum Gasteiger partial charge on any atom is -0.391 e. The van der Waals surface area contributed by atoms with Gasteiger partial charge in [-0.1, -0.05) is 49.4 Å². The minimum atomic E-state index is -0.642. The third-order valence-electron chi connectivity index (χ3n) is 9.45. The van der Waals surface area contributed by atoms with Crippen LogP contribution in [0, 0.1) is 17.8 Å². The van der Waals surface area contributed by atoms with E-state index in [0.29, 0.717) is 40.8 Å². The Morgan fingerprint density at radius 2 is 1.93 bits per heavy atom. The molecule has 216 valence electrons. The molecule has 11 heteroatoms. The summed E-state index contributed by atoms with van der Waals surface area (Å²) in [6, 6.07) is 4.07. The van der Waals surface area contributed by atoms with E-state index in [-0.39, 0.29) is 11.9 Å². The summed E-state index contributed by atoms with van der Waals surface area (Å²) >= 11 is 6.41. The van der Waals surface area contributed by atoms with Gasteiger partial charge in [0.25, 0.3) is 0 Å². The Kier molecular flexibility index (Phi) is 7.06. The first-order valence-electron chi connectivity index (χ1n) is 15.0. The van der Waals surface area contributed by atoms with Crippen molar-refractivity contribution in [2.45, 2.75) is 83.4 Å². The number of aromatic nitrogens is 6. The van der Waals surface area contributed by atoms with Gasteiger partial charge in [-0.2, -0.15) is 0 Å². The summed E-state index contributed by atoms with van der Waals surface area (Å²) in [5.41, 5.74) is 3.55. The predicted molar refractivity (Wildman–Crippen MR) is 157 cm³/mol. The molecule has 4 aromatic heterocycles. The number of imidazole rings is 1. The van der Waals surface area contributed by atoms with Crippen LogP contribution in [0.15, 0.2) is 33.8 Å². The molecule has 2 N–H and O–H groups in total. The molecule has 1 aliphatic heterocycles. The fourth-order valence-electron chi connectivity index (χ4n) is 7.40. The smallest absolute Gasteiger partial charge is 0.391 e. The van der Waals surface area contributed by atoms with E-state index < -0.39 is 5.76 Å². The number of anilines is 1. The number of piperidine rings is 1. The van der Waals surface area contributed by atoms with E-state index in [1.807, 2.05) is 12.1 Å². The number of H-pyrrole nitrogens is 1. The van der Waals surface area contributed by atoms with Gasteiger partial charge in [-0.3, -0.25) is 14.5 Å². The van der Waals surface area contributed by atoms with Crippen molar-refractivity contribution in [1.29, 1.82) is 0 Å². The highest BCUT2D eigenvalue weighted by molar-refractivity contribution is 6.30. The second-order valence-electron chi connectivity index (χ2n) is 12.4. The number of halogens is 1. The lowest BCUT2D eigenvalue weighted by Crippen LogP contribution is -2.53. The first-order chi connectivity index (χ1) is 19.9. The normalized spacial score (nSPS) is 26.8. The molecule has 10 nitrogen and oxygen atoms in total. The molecule has 0 amide bonds. The quantitative estimate of drug-likeness (QED) is 0.321. The van der Waals surface area contributed by atoms with Crippen molar-refractivity contribution >= 4 is 28.6 Å². The van der Waals surface area contributed by atoms with E-state index in [1.165, 1.54) is 38.5 Å². The zero-order chi connectivity index (χ0) is 28.1. The van der Waals surface area contributed by atoms with E-state index >= 15 is 0 Å². The molecular weight excluding hydrogens is 542 g/mol. The van der Waals surface area contributed by atoms with Gasteiger partial charge in [-0.25, -0.2) is 14.8 Å². The summed E-state index contributed by atoms with van der Waals surface area (Å²) in [4.78, 5) is 31.4. The van der Waals surface area contributed by atoms with E-state index in [4.69, 9.17) is 26.1 Å². The monoisotopic (exact) mass is 577 g/mol. The van der Waals surface area contributed by atoms with Crippen LogP contribution in [-0.2, 0) is 6.54 Å². The number of rotatable bonds is 5. The zero-order valence-corrected chi connectivity index (χ0v) is 24.1. The van der Waals surface area contributed by atoms with E-state index in [0.717, 1.165) is 54.3 Å². The Morgan fingerprint density at radius 3 is 2.71 bits per heavy atom. The van der Waals surface area contributed by atoms with Gasteiger partial charge < -0.3 is 14.6 Å². The molecule has 5 heterocycles. The fourth-order valence-corrected chi connectivity index (χ4v) is 7.57. The Morgan fingerprint density at radius 1 is 1.10 bits per heavy atom. The maximum Gasteiger partial charge on any atom is 0.439 e. The molecule has 2 aliphatic carbocycles. The van der Waals surface area contributed by atoms with Gasteiger partial charge in [0.15, 0.2) is 0 Å². The number of aliphatic hydroxyl groups is 1. The Balaban J connectivity index is 1.44. The lowest BCUT2D eigenvalue weighted by atomic mass is 9.77. The van der Waals surface area contributed by atoms with E-state index in [2.05, 4.69) is 31.5 Å². The van der Waals surface area contributed by atoms with Crippen LogP contribution in [0.3, 0.4) is 0 Å². The van der Waals surface area contributed by atoms with Crippen molar-refractivity contribution in [1.82, 2.24) is 29.7 Å². The molecule has 0 bridgehead atoms. The molecular formula is C30H36ClN7O3. The second kappa shape index (κ2) is 10.9.